The molecule has 0 aromatic carbocycles. The second-order valence-corrected chi connectivity index (χ2v) is 4.49. The first-order valence-electron chi connectivity index (χ1n) is 4.96. The summed E-state index contributed by atoms with van der Waals surface area (Å²) in [5, 5.41) is 3.04. The quantitative estimate of drug-likeness (QED) is 0.776. The molecular weight excluding hydrogens is 210 g/mol. The first-order chi connectivity index (χ1) is 7.16. The van der Waals surface area contributed by atoms with Gasteiger partial charge in [0.25, 0.3) is 5.56 Å². The number of thioether (sulfide) groups is 1. The molecule has 5 heteroatoms. The van der Waals surface area contributed by atoms with Crippen LogP contribution in [-0.4, -0.2) is 28.1 Å². The highest BCUT2D eigenvalue weighted by molar-refractivity contribution is 7.98. The van der Waals surface area contributed by atoms with Gasteiger partial charge in [-0.25, -0.2) is 4.98 Å². The molecule has 0 atom stereocenters. The number of nitrogens with one attached hydrogen (secondary N) is 1. The normalized spacial score (nSPS) is 10.7. The Labute approximate surface area is 94.1 Å². The van der Waals surface area contributed by atoms with E-state index in [4.69, 9.17) is 0 Å². The molecular formula is C10H17N3OS. The minimum Gasteiger partial charge on any atom is -0.365 e. The predicted octanol–water partition coefficient (Wildman–Crippen LogP) is 1.60. The summed E-state index contributed by atoms with van der Waals surface area (Å²) in [5.74, 6) is 1.41. The average molecular weight is 227 g/mol. The summed E-state index contributed by atoms with van der Waals surface area (Å²) < 4.78 is 1.68. The van der Waals surface area contributed by atoms with E-state index in [0.717, 1.165) is 12.3 Å². The van der Waals surface area contributed by atoms with Crippen molar-refractivity contribution in [2.75, 3.05) is 23.9 Å². The average Bonchev–Trinajstić information content (AvgIpc) is 2.20. The molecule has 0 bridgehead atoms. The standard InChI is InChI=1S/C10H17N3OS/c1-8(2)13-6-4-11-9(10(13)14)12-5-7-15-3/h4,6,8H,5,7H2,1-3H3,(H,11,12). The lowest BCUT2D eigenvalue weighted by atomic mass is 10.4. The topological polar surface area (TPSA) is 46.9 Å². The molecule has 0 aliphatic carbocycles. The third kappa shape index (κ3) is 3.27. The largest absolute Gasteiger partial charge is 0.365 e. The molecule has 0 saturated carbocycles. The third-order valence-corrected chi connectivity index (χ3v) is 2.64. The molecule has 0 radical (unpaired) electrons. The van der Waals surface area contributed by atoms with Crippen LogP contribution in [0.15, 0.2) is 17.2 Å². The van der Waals surface area contributed by atoms with Crippen LogP contribution in [0.4, 0.5) is 5.82 Å². The van der Waals surface area contributed by atoms with Gasteiger partial charge in [0.15, 0.2) is 5.82 Å². The van der Waals surface area contributed by atoms with Crippen LogP contribution in [0.25, 0.3) is 0 Å². The van der Waals surface area contributed by atoms with Gasteiger partial charge in [0, 0.05) is 30.7 Å². The Morgan fingerprint density at radius 1 is 1.60 bits per heavy atom. The summed E-state index contributed by atoms with van der Waals surface area (Å²) >= 11 is 1.74. The molecule has 0 amide bonds. The van der Waals surface area contributed by atoms with Gasteiger partial charge < -0.3 is 9.88 Å². The molecule has 0 spiro atoms. The number of hydrogen-bond acceptors (Lipinski definition) is 4. The predicted molar refractivity (Wildman–Crippen MR) is 65.8 cm³/mol. The van der Waals surface area contributed by atoms with Gasteiger partial charge in [0.1, 0.15) is 0 Å². The Bertz CT molecular complexity index is 362. The maximum atomic E-state index is 11.8. The van der Waals surface area contributed by atoms with Crippen molar-refractivity contribution in [1.82, 2.24) is 9.55 Å². The molecule has 0 aliphatic heterocycles. The summed E-state index contributed by atoms with van der Waals surface area (Å²) in [4.78, 5) is 15.9. The van der Waals surface area contributed by atoms with Crippen molar-refractivity contribution < 1.29 is 0 Å². The highest BCUT2D eigenvalue weighted by atomic mass is 32.2. The van der Waals surface area contributed by atoms with Gasteiger partial charge in [0.2, 0.25) is 0 Å². The summed E-state index contributed by atoms with van der Waals surface area (Å²) in [6.45, 7) is 4.73. The maximum absolute atomic E-state index is 11.8. The van der Waals surface area contributed by atoms with Gasteiger partial charge in [-0.15, -0.1) is 0 Å². The van der Waals surface area contributed by atoms with Crippen molar-refractivity contribution in [2.45, 2.75) is 19.9 Å². The van der Waals surface area contributed by atoms with Crippen LogP contribution in [0.3, 0.4) is 0 Å². The minimum atomic E-state index is -0.0476. The highest BCUT2D eigenvalue weighted by Gasteiger charge is 2.05. The zero-order valence-electron chi connectivity index (χ0n) is 9.36. The molecule has 0 unspecified atom stereocenters. The Balaban J connectivity index is 2.81. The number of aromatic nitrogens is 2. The Hall–Kier alpha value is -0.970. The van der Waals surface area contributed by atoms with E-state index in [1.165, 1.54) is 0 Å². The Morgan fingerprint density at radius 3 is 2.93 bits per heavy atom. The minimum absolute atomic E-state index is 0.0476. The van der Waals surface area contributed by atoms with E-state index >= 15 is 0 Å². The lowest BCUT2D eigenvalue weighted by Crippen LogP contribution is -2.26. The van der Waals surface area contributed by atoms with Gasteiger partial charge in [-0.05, 0) is 20.1 Å². The van der Waals surface area contributed by atoms with Crippen molar-refractivity contribution in [2.24, 2.45) is 0 Å². The van der Waals surface area contributed by atoms with Gasteiger partial charge in [-0.3, -0.25) is 4.79 Å². The van der Waals surface area contributed by atoms with E-state index in [-0.39, 0.29) is 11.6 Å². The van der Waals surface area contributed by atoms with Gasteiger partial charge >= 0.3 is 0 Å². The fourth-order valence-corrected chi connectivity index (χ4v) is 1.53. The van der Waals surface area contributed by atoms with Crippen molar-refractivity contribution in [3.63, 3.8) is 0 Å². The molecule has 1 N–H and O–H groups in total. The van der Waals surface area contributed by atoms with Gasteiger partial charge in [0.05, 0.1) is 0 Å². The highest BCUT2D eigenvalue weighted by Crippen LogP contribution is 2.01. The van der Waals surface area contributed by atoms with E-state index in [2.05, 4.69) is 10.3 Å². The zero-order valence-corrected chi connectivity index (χ0v) is 10.2. The Kier molecular flexibility index (Phi) is 4.68. The van der Waals surface area contributed by atoms with Crippen LogP contribution in [0.5, 0.6) is 0 Å². The fourth-order valence-electron chi connectivity index (χ4n) is 1.22. The molecule has 1 rings (SSSR count). The fraction of sp³-hybridized carbons (Fsp3) is 0.600. The summed E-state index contributed by atoms with van der Waals surface area (Å²) in [6, 6.07) is 0.168. The van der Waals surface area contributed by atoms with Crippen LogP contribution in [0.1, 0.15) is 19.9 Å². The molecule has 0 saturated heterocycles. The molecule has 0 aliphatic rings. The van der Waals surface area contributed by atoms with Gasteiger partial charge in [-0.1, -0.05) is 0 Å². The van der Waals surface area contributed by atoms with Crippen LogP contribution in [0, 0.1) is 0 Å². The maximum Gasteiger partial charge on any atom is 0.293 e. The lowest BCUT2D eigenvalue weighted by Gasteiger charge is -2.11. The van der Waals surface area contributed by atoms with Crippen LogP contribution >= 0.6 is 11.8 Å². The molecule has 1 aromatic rings. The zero-order chi connectivity index (χ0) is 11.3. The SMILES string of the molecule is CSCCNc1nccn(C(C)C)c1=O. The van der Waals surface area contributed by atoms with Crippen LogP contribution in [-0.2, 0) is 0 Å². The van der Waals surface area contributed by atoms with Crippen molar-refractivity contribution >= 4 is 17.6 Å². The van der Waals surface area contributed by atoms with E-state index in [1.807, 2.05) is 20.1 Å². The molecule has 0 fully saturated rings. The summed E-state index contributed by atoms with van der Waals surface area (Å²) in [7, 11) is 0. The second kappa shape index (κ2) is 5.80. The molecule has 1 heterocycles. The smallest absolute Gasteiger partial charge is 0.293 e. The Morgan fingerprint density at radius 2 is 2.33 bits per heavy atom. The van der Waals surface area contributed by atoms with Gasteiger partial charge in [-0.2, -0.15) is 11.8 Å². The monoisotopic (exact) mass is 227 g/mol. The first-order valence-corrected chi connectivity index (χ1v) is 6.36. The van der Waals surface area contributed by atoms with Crippen molar-refractivity contribution in [3.8, 4) is 0 Å². The van der Waals surface area contributed by atoms with E-state index in [1.54, 1.807) is 28.7 Å². The third-order valence-electron chi connectivity index (χ3n) is 2.02. The first kappa shape index (κ1) is 12.1. The second-order valence-electron chi connectivity index (χ2n) is 3.50. The van der Waals surface area contributed by atoms with Crippen LogP contribution in [0.2, 0.25) is 0 Å². The van der Waals surface area contributed by atoms with E-state index in [0.29, 0.717) is 5.82 Å². The van der Waals surface area contributed by atoms with Crippen LogP contribution < -0.4 is 10.9 Å². The number of hydrogen-bond donors (Lipinski definition) is 1. The van der Waals surface area contributed by atoms with E-state index < -0.39 is 0 Å². The number of nitrogens with zero attached hydrogens (tertiary/aromatic N) is 2. The molecule has 4 nitrogen and oxygen atoms in total. The van der Waals surface area contributed by atoms with Crippen molar-refractivity contribution in [1.29, 1.82) is 0 Å². The molecule has 15 heavy (non-hydrogen) atoms. The molecule has 84 valence electrons. The summed E-state index contributed by atoms with van der Waals surface area (Å²) in [5.41, 5.74) is -0.0476. The lowest BCUT2D eigenvalue weighted by molar-refractivity contribution is 0.575. The van der Waals surface area contributed by atoms with E-state index in [9.17, 15) is 4.79 Å². The number of anilines is 1. The molecule has 1 aromatic heterocycles. The number of rotatable bonds is 5. The summed E-state index contributed by atoms with van der Waals surface area (Å²) in [6.07, 6.45) is 5.40. The van der Waals surface area contributed by atoms with Crippen molar-refractivity contribution in [3.05, 3.63) is 22.7 Å².